The van der Waals surface area contributed by atoms with Crippen molar-refractivity contribution >= 4 is 23.0 Å². The first-order valence-corrected chi connectivity index (χ1v) is 5.75. The number of H-pyrrole nitrogens is 1. The minimum absolute atomic E-state index is 0.0700. The van der Waals surface area contributed by atoms with E-state index >= 15 is 0 Å². The maximum atomic E-state index is 13.4. The fraction of sp³-hybridized carbons (Fsp3) is 0.182. The van der Waals surface area contributed by atoms with Gasteiger partial charge in [-0.2, -0.15) is 5.10 Å². The smallest absolute Gasteiger partial charge is 0.294 e. The first-order valence-electron chi connectivity index (χ1n) is 5.37. The van der Waals surface area contributed by atoms with Crippen LogP contribution in [0.1, 0.15) is 18.5 Å². The van der Waals surface area contributed by atoms with Gasteiger partial charge in [-0.1, -0.05) is 11.6 Å². The molecule has 1 heterocycles. The predicted octanol–water partition coefficient (Wildman–Crippen LogP) is 3.28. The summed E-state index contributed by atoms with van der Waals surface area (Å²) < 4.78 is 13.4. The Labute approximate surface area is 112 Å². The molecule has 0 aliphatic rings. The van der Waals surface area contributed by atoms with Gasteiger partial charge in [0.25, 0.3) is 5.69 Å². The summed E-state index contributed by atoms with van der Waals surface area (Å²) in [6.07, 6.45) is 3.23. The molecule has 1 aromatic carbocycles. The van der Waals surface area contributed by atoms with E-state index in [0.29, 0.717) is 0 Å². The fourth-order valence-electron chi connectivity index (χ4n) is 1.62. The van der Waals surface area contributed by atoms with Crippen LogP contribution in [0, 0.1) is 15.9 Å². The molecule has 0 spiro atoms. The Morgan fingerprint density at radius 3 is 2.89 bits per heavy atom. The van der Waals surface area contributed by atoms with E-state index in [1.807, 2.05) is 0 Å². The van der Waals surface area contributed by atoms with E-state index in [1.165, 1.54) is 0 Å². The topological polar surface area (TPSA) is 83.8 Å². The Morgan fingerprint density at radius 1 is 1.58 bits per heavy atom. The Balaban J connectivity index is 2.33. The Hall–Kier alpha value is -2.15. The summed E-state index contributed by atoms with van der Waals surface area (Å²) in [6, 6.07) is 1.73. The summed E-state index contributed by atoms with van der Waals surface area (Å²) in [5, 5.41) is 19.9. The molecular weight excluding hydrogens is 275 g/mol. The Kier molecular flexibility index (Phi) is 3.66. The first-order chi connectivity index (χ1) is 8.99. The highest BCUT2D eigenvalue weighted by Crippen LogP contribution is 2.32. The molecule has 0 amide bonds. The molecule has 0 saturated carbocycles. The number of nitro benzene ring substituents is 1. The molecule has 1 unspecified atom stereocenters. The van der Waals surface area contributed by atoms with Crippen LogP contribution in [0.3, 0.4) is 0 Å². The van der Waals surface area contributed by atoms with Gasteiger partial charge >= 0.3 is 0 Å². The van der Waals surface area contributed by atoms with Crippen molar-refractivity contribution in [3.8, 4) is 0 Å². The fourth-order valence-corrected chi connectivity index (χ4v) is 1.78. The molecule has 8 heteroatoms. The van der Waals surface area contributed by atoms with Gasteiger partial charge in [0.2, 0.25) is 0 Å². The van der Waals surface area contributed by atoms with Crippen LogP contribution in [0.2, 0.25) is 5.02 Å². The number of nitro groups is 1. The van der Waals surface area contributed by atoms with Crippen LogP contribution in [0.25, 0.3) is 0 Å². The van der Waals surface area contributed by atoms with Crippen molar-refractivity contribution in [2.75, 3.05) is 5.32 Å². The number of benzene rings is 1. The van der Waals surface area contributed by atoms with E-state index in [0.717, 1.165) is 17.7 Å². The summed E-state index contributed by atoms with van der Waals surface area (Å²) in [7, 11) is 0. The normalized spacial score (nSPS) is 12.2. The third-order valence-electron chi connectivity index (χ3n) is 2.63. The average Bonchev–Trinajstić information content (AvgIpc) is 2.86. The second-order valence-corrected chi connectivity index (χ2v) is 4.35. The van der Waals surface area contributed by atoms with Crippen molar-refractivity contribution in [2.24, 2.45) is 0 Å². The van der Waals surface area contributed by atoms with Crippen LogP contribution >= 0.6 is 11.6 Å². The Bertz CT molecular complexity index is 603. The zero-order chi connectivity index (χ0) is 14.0. The summed E-state index contributed by atoms with van der Waals surface area (Å²) in [4.78, 5) is 10.3. The van der Waals surface area contributed by atoms with Gasteiger partial charge in [0, 0.05) is 23.9 Å². The molecule has 0 saturated heterocycles. The molecule has 0 radical (unpaired) electrons. The molecular formula is C11H10ClFN4O2. The van der Waals surface area contributed by atoms with Gasteiger partial charge < -0.3 is 5.32 Å². The minimum atomic E-state index is -0.714. The van der Waals surface area contributed by atoms with Gasteiger partial charge in [-0.25, -0.2) is 4.39 Å². The molecule has 19 heavy (non-hydrogen) atoms. The molecule has 0 aliphatic carbocycles. The molecule has 2 rings (SSSR count). The third-order valence-corrected chi connectivity index (χ3v) is 2.92. The first kappa shape index (κ1) is 13.3. The van der Waals surface area contributed by atoms with Gasteiger partial charge in [-0.05, 0) is 6.92 Å². The number of aromatic amines is 1. The lowest BCUT2D eigenvalue weighted by atomic mass is 10.1. The van der Waals surface area contributed by atoms with Gasteiger partial charge in [-0.3, -0.25) is 15.2 Å². The van der Waals surface area contributed by atoms with E-state index in [4.69, 9.17) is 11.6 Å². The molecule has 0 aliphatic heterocycles. The maximum absolute atomic E-state index is 13.4. The van der Waals surface area contributed by atoms with Gasteiger partial charge in [0.1, 0.15) is 11.5 Å². The molecule has 0 bridgehead atoms. The highest BCUT2D eigenvalue weighted by Gasteiger charge is 2.19. The number of hydrogen-bond acceptors (Lipinski definition) is 4. The number of hydrogen-bond donors (Lipinski definition) is 2. The third kappa shape index (κ3) is 2.82. The molecule has 6 nitrogen and oxygen atoms in total. The van der Waals surface area contributed by atoms with Crippen LogP contribution in [0.15, 0.2) is 24.5 Å². The lowest BCUT2D eigenvalue weighted by Crippen LogP contribution is -2.08. The molecule has 0 fully saturated rings. The number of anilines is 1. The predicted molar refractivity (Wildman–Crippen MR) is 68.7 cm³/mol. The number of aromatic nitrogens is 2. The molecule has 1 aromatic heterocycles. The largest absolute Gasteiger partial charge is 0.373 e. The SMILES string of the molecule is CC(Nc1cc(F)c(Cl)cc1[N+](=O)[O-])c1cn[nH]c1. The summed E-state index contributed by atoms with van der Waals surface area (Å²) in [5.74, 6) is -0.714. The number of rotatable bonds is 4. The molecule has 2 N–H and O–H groups in total. The zero-order valence-electron chi connectivity index (χ0n) is 9.85. The molecule has 2 aromatic rings. The lowest BCUT2D eigenvalue weighted by molar-refractivity contribution is -0.384. The van der Waals surface area contributed by atoms with Crippen LogP contribution in [0.5, 0.6) is 0 Å². The van der Waals surface area contributed by atoms with E-state index in [9.17, 15) is 14.5 Å². The van der Waals surface area contributed by atoms with E-state index in [1.54, 1.807) is 19.3 Å². The van der Waals surface area contributed by atoms with Crippen molar-refractivity contribution in [3.05, 3.63) is 51.0 Å². The zero-order valence-corrected chi connectivity index (χ0v) is 10.6. The second kappa shape index (κ2) is 5.23. The van der Waals surface area contributed by atoms with Gasteiger partial charge in [0.15, 0.2) is 0 Å². The van der Waals surface area contributed by atoms with Crippen LogP contribution in [-0.2, 0) is 0 Å². The van der Waals surface area contributed by atoms with Gasteiger partial charge in [0.05, 0.1) is 22.2 Å². The second-order valence-electron chi connectivity index (χ2n) is 3.94. The van der Waals surface area contributed by atoms with Crippen molar-refractivity contribution in [1.82, 2.24) is 10.2 Å². The van der Waals surface area contributed by atoms with Crippen LogP contribution < -0.4 is 5.32 Å². The van der Waals surface area contributed by atoms with Crippen LogP contribution in [0.4, 0.5) is 15.8 Å². The summed E-state index contributed by atoms with van der Waals surface area (Å²) in [5.41, 5.74) is 0.590. The number of nitrogens with one attached hydrogen (secondary N) is 2. The van der Waals surface area contributed by atoms with Crippen molar-refractivity contribution in [1.29, 1.82) is 0 Å². The highest BCUT2D eigenvalue weighted by molar-refractivity contribution is 6.31. The minimum Gasteiger partial charge on any atom is -0.373 e. The van der Waals surface area contributed by atoms with Crippen molar-refractivity contribution in [3.63, 3.8) is 0 Å². The standard InChI is InChI=1S/C11H10ClFN4O2/c1-6(7-4-14-15-5-7)16-10-3-9(13)8(12)2-11(10)17(18)19/h2-6,16H,1H3,(H,14,15). The highest BCUT2D eigenvalue weighted by atomic mass is 35.5. The molecule has 1 atom stereocenters. The number of nitrogens with zero attached hydrogens (tertiary/aromatic N) is 2. The van der Waals surface area contributed by atoms with E-state index in [2.05, 4.69) is 15.5 Å². The van der Waals surface area contributed by atoms with Crippen molar-refractivity contribution < 1.29 is 9.31 Å². The number of halogens is 2. The maximum Gasteiger partial charge on any atom is 0.294 e. The summed E-state index contributed by atoms with van der Waals surface area (Å²) in [6.45, 7) is 1.78. The quantitative estimate of drug-likeness (QED) is 0.666. The lowest BCUT2D eigenvalue weighted by Gasteiger charge is -2.14. The van der Waals surface area contributed by atoms with Crippen molar-refractivity contribution in [2.45, 2.75) is 13.0 Å². The molecule has 100 valence electrons. The van der Waals surface area contributed by atoms with E-state index in [-0.39, 0.29) is 22.4 Å². The summed E-state index contributed by atoms with van der Waals surface area (Å²) >= 11 is 5.54. The monoisotopic (exact) mass is 284 g/mol. The van der Waals surface area contributed by atoms with Gasteiger partial charge in [-0.15, -0.1) is 0 Å². The van der Waals surface area contributed by atoms with Crippen LogP contribution in [-0.4, -0.2) is 15.1 Å². The Morgan fingerprint density at radius 2 is 2.32 bits per heavy atom. The van der Waals surface area contributed by atoms with E-state index < -0.39 is 10.7 Å². The average molecular weight is 285 g/mol.